The number of nitrogens with one attached hydrogen (secondary N) is 1. The van der Waals surface area contributed by atoms with Crippen molar-refractivity contribution < 1.29 is 140 Å². The molecule has 6 aromatic carbocycles. The molecule has 40 heteroatoms. The van der Waals surface area contributed by atoms with Crippen LogP contribution in [0.4, 0.5) is 50.4 Å². The van der Waals surface area contributed by atoms with Gasteiger partial charge in [0, 0.05) is 86.4 Å². The average molecular weight is 2070 g/mol. The summed E-state index contributed by atoms with van der Waals surface area (Å²) in [6.07, 6.45) is 28.0. The van der Waals surface area contributed by atoms with Crippen LogP contribution in [0.3, 0.4) is 0 Å². The normalized spacial score (nSPS) is 18.3. The maximum atomic E-state index is 9.87. The molecule has 0 radical (unpaired) electrons. The molecular weight excluding hydrogens is 1930 g/mol. The molecule has 2 atom stereocenters. The molecule has 143 heavy (non-hydrogen) atoms. The summed E-state index contributed by atoms with van der Waals surface area (Å²) in [5, 5.41) is 10.7. The van der Waals surface area contributed by atoms with Crippen LogP contribution in [-0.2, 0) is 82.8 Å². The van der Waals surface area contributed by atoms with Crippen LogP contribution >= 0.6 is 15.6 Å². The number of hydrogen-bond acceptors (Lipinski definition) is 22. The summed E-state index contributed by atoms with van der Waals surface area (Å²) in [4.78, 5) is 5.60. The molecule has 10 rings (SSSR count). The SMILES string of the molecule is COc1cc(CCCc2ccc(-c3ccc(OCC4=C=C=C5OCCOCCOCCC/C=C\CCCOCCOCCOC5C4)cc3)cc2)cc(C)c1OCCCCCCN=[N+]=[N-].COc1cc(CNCc2ccc(-c3ccc(OCC4=C=C=C5OCCOCCOCCC/C=C\CCCOCCOCCOC5C4)cc3)cc2)cc(OC)c1OCCCCCCN=[N+]=[N-].F[P-](F)(F)(F)(F)F.F[P-](F)(F)(F)(F)F. The Labute approximate surface area is 830 Å². The van der Waals surface area contributed by atoms with Crippen molar-refractivity contribution in [3.05, 3.63) is 240 Å². The van der Waals surface area contributed by atoms with E-state index in [2.05, 4.69) is 164 Å². The van der Waals surface area contributed by atoms with Crippen molar-refractivity contribution in [2.75, 3.05) is 193 Å². The summed E-state index contributed by atoms with van der Waals surface area (Å²) in [6.45, 7) is 17.0. The van der Waals surface area contributed by atoms with Crippen molar-refractivity contribution in [2.24, 2.45) is 10.2 Å². The van der Waals surface area contributed by atoms with E-state index in [1.165, 1.54) is 16.7 Å². The van der Waals surface area contributed by atoms with Gasteiger partial charge in [-0.3, -0.25) is 0 Å². The van der Waals surface area contributed by atoms with Gasteiger partial charge in [0.25, 0.3) is 0 Å². The van der Waals surface area contributed by atoms with Crippen LogP contribution < -0.4 is 38.5 Å². The van der Waals surface area contributed by atoms with Gasteiger partial charge in [0.15, 0.2) is 34.5 Å². The predicted molar refractivity (Wildman–Crippen MR) is 528 cm³/mol. The number of unbranched alkanes of at least 4 members (excludes halogenated alkanes) is 6. The van der Waals surface area contributed by atoms with Gasteiger partial charge >= 0.3 is 66.0 Å². The summed E-state index contributed by atoms with van der Waals surface area (Å²) in [5.41, 5.74) is 41.9. The Bertz CT molecular complexity index is 5010. The zero-order valence-electron chi connectivity index (χ0n) is 82.0. The Morgan fingerprint density at radius 2 is 0.678 bits per heavy atom. The van der Waals surface area contributed by atoms with Crippen molar-refractivity contribution in [1.29, 1.82) is 0 Å². The van der Waals surface area contributed by atoms with Crippen LogP contribution in [-0.4, -0.2) is 205 Å². The van der Waals surface area contributed by atoms with E-state index in [4.69, 9.17) is 101 Å². The molecule has 2 unspecified atom stereocenters. The van der Waals surface area contributed by atoms with Gasteiger partial charge in [0.2, 0.25) is 5.75 Å². The van der Waals surface area contributed by atoms with E-state index in [0.717, 1.165) is 216 Å². The third-order valence-electron chi connectivity index (χ3n) is 21.4. The van der Waals surface area contributed by atoms with Gasteiger partial charge in [-0.15, -0.1) is 0 Å². The second-order valence-electron chi connectivity index (χ2n) is 33.3. The van der Waals surface area contributed by atoms with Crippen LogP contribution in [0.2, 0.25) is 0 Å². The first-order chi connectivity index (χ1) is 68.7. The molecule has 4 aliphatic rings. The maximum absolute atomic E-state index is 10.7. The molecule has 0 amide bonds. The van der Waals surface area contributed by atoms with Crippen molar-refractivity contribution in [1.82, 2.24) is 5.32 Å². The van der Waals surface area contributed by atoms with Gasteiger partial charge in [-0.2, -0.15) is 0 Å². The van der Waals surface area contributed by atoms with E-state index >= 15 is 0 Å². The molecule has 6 aromatic rings. The quantitative estimate of drug-likeness (QED) is 0.00565. The first-order valence-corrected chi connectivity index (χ1v) is 52.3. The molecule has 2 aliphatic heterocycles. The molecule has 0 spiro atoms. The van der Waals surface area contributed by atoms with E-state index in [9.17, 15) is 50.4 Å². The minimum absolute atomic E-state index is 0.318. The van der Waals surface area contributed by atoms with Gasteiger partial charge < -0.3 is 95.3 Å². The number of halogens is 12. The molecule has 794 valence electrons. The van der Waals surface area contributed by atoms with Gasteiger partial charge in [-0.05, 0) is 218 Å². The molecule has 0 bridgehead atoms. The van der Waals surface area contributed by atoms with Crippen molar-refractivity contribution in [3.63, 3.8) is 0 Å². The zero-order valence-corrected chi connectivity index (χ0v) is 83.8. The number of nitrogens with zero attached hydrogens (tertiary/aromatic N) is 6. The summed E-state index contributed by atoms with van der Waals surface area (Å²) in [5.74, 6) is 6.24. The Hall–Kier alpha value is -10.2. The fourth-order valence-electron chi connectivity index (χ4n) is 14.3. The van der Waals surface area contributed by atoms with Gasteiger partial charge in [-0.1, -0.05) is 151 Å². The van der Waals surface area contributed by atoms with Crippen molar-refractivity contribution >= 4 is 15.6 Å². The fraction of sp³-hybridized carbons (Fsp3) is 0.534. The number of fused-ring (bicyclic) bond motifs is 2. The second-order valence-corrected chi connectivity index (χ2v) is 37.1. The molecule has 0 saturated carbocycles. The summed E-state index contributed by atoms with van der Waals surface area (Å²) in [6, 6.07) is 42.0. The first kappa shape index (κ1) is 120. The van der Waals surface area contributed by atoms with Crippen molar-refractivity contribution in [3.8, 4) is 62.5 Å². The van der Waals surface area contributed by atoms with Crippen LogP contribution in [0, 0.1) is 6.92 Å². The summed E-state index contributed by atoms with van der Waals surface area (Å²) < 4.78 is 230. The van der Waals surface area contributed by atoms with Gasteiger partial charge in [-0.25, -0.2) is 0 Å². The number of hydrogen-bond donors (Lipinski definition) is 1. The molecule has 0 saturated heterocycles. The minimum atomic E-state index is -10.7. The molecule has 0 aromatic heterocycles. The molecular formula is C103H137F12N7O19P2-2. The van der Waals surface area contributed by atoms with Crippen LogP contribution in [0.25, 0.3) is 43.1 Å². The standard InChI is InChI=1S/C52H69N3O9.C51H68N4O10.2F6P/c1-42-38-44(39-51(56-2)52(42)63-29-12-8-5-9-26-54-55-53)15-13-14-43-16-19-46(20-17-43)47-21-23-48(24-22-47)64-41-45-18-25-49-50(40-45)62-37-35-60-33-31-58-28-11-7-4-3-6-10-27-57-30-32-59-34-36-61-49;1-56-49-36-43(37-50(57-2)51(49)64-26-12-8-5-9-23-54-55-52)39-53-38-41-13-16-44(17-14-41)45-18-20-46(21-19-45)65-40-42-15-22-47-48(35-42)63-34-32-61-30-28-59-25-11-7-4-3-6-10-24-58-27-29-60-31-33-62-47;2*1-7(2,3,4,5)6/h3-4,16-17,19-24,38-39,50H,5-15,26-37,40-41H2,1-2H3;3-4,13-14,16-21,36-37,48,53H,5-12,23-35,38-40H2,1-2H3;;/q;;2*-1/b2*4-3-;;. The Kier molecular flexibility index (Phi) is 54.1. The Balaban J connectivity index is 0.000000342. The van der Waals surface area contributed by atoms with Crippen molar-refractivity contribution in [2.45, 2.75) is 167 Å². The van der Waals surface area contributed by atoms with E-state index in [-0.39, 0.29) is 12.2 Å². The van der Waals surface area contributed by atoms with Crippen LogP contribution in [0.15, 0.2) is 201 Å². The average Bonchev–Trinajstić information content (AvgIpc) is 0.790. The molecule has 2 aliphatic carbocycles. The molecule has 26 nitrogen and oxygen atoms in total. The van der Waals surface area contributed by atoms with Gasteiger partial charge in [0.05, 0.1) is 127 Å². The number of azide groups is 2. The monoisotopic (exact) mass is 2070 g/mol. The van der Waals surface area contributed by atoms with E-state index in [0.29, 0.717) is 200 Å². The number of ether oxygens (including phenoxy) is 19. The number of allylic oxidation sites excluding steroid dienone is 4. The number of aryl methyl sites for hydroxylation is 3. The van der Waals surface area contributed by atoms with Gasteiger partial charge in [0.1, 0.15) is 50.1 Å². The molecule has 1 N–H and O–H groups in total. The molecule has 2 heterocycles. The topological polar surface area (TPSA) is 285 Å². The van der Waals surface area contributed by atoms with Crippen LogP contribution in [0.5, 0.6) is 40.2 Å². The zero-order chi connectivity index (χ0) is 103. The number of rotatable bonds is 35. The third-order valence-corrected chi connectivity index (χ3v) is 21.4. The fourth-order valence-corrected chi connectivity index (χ4v) is 14.3. The second kappa shape index (κ2) is 64.6. The Morgan fingerprint density at radius 3 is 1.06 bits per heavy atom. The molecule has 0 fully saturated rings. The van der Waals surface area contributed by atoms with E-state index in [1.54, 1.807) is 21.3 Å². The van der Waals surface area contributed by atoms with Crippen LogP contribution in [0.1, 0.15) is 150 Å². The number of benzene rings is 6. The predicted octanol–water partition coefficient (Wildman–Crippen LogP) is 27.7. The third kappa shape index (κ3) is 59.1. The summed E-state index contributed by atoms with van der Waals surface area (Å²) >= 11 is 0. The first-order valence-electron chi connectivity index (χ1n) is 48.2. The Morgan fingerprint density at radius 1 is 0.357 bits per heavy atom. The summed E-state index contributed by atoms with van der Waals surface area (Å²) in [7, 11) is -16.3. The van der Waals surface area contributed by atoms with E-state index in [1.807, 2.05) is 36.4 Å². The van der Waals surface area contributed by atoms with E-state index < -0.39 is 15.6 Å². The number of methoxy groups -OCH3 is 3.